The summed E-state index contributed by atoms with van der Waals surface area (Å²) in [6, 6.07) is 12.1. The number of hydrogen-bond acceptors (Lipinski definition) is 6. The summed E-state index contributed by atoms with van der Waals surface area (Å²) < 4.78 is 1.90. The summed E-state index contributed by atoms with van der Waals surface area (Å²) in [5.74, 6) is -1.31. The van der Waals surface area contributed by atoms with Crippen molar-refractivity contribution in [1.82, 2.24) is 35.4 Å². The summed E-state index contributed by atoms with van der Waals surface area (Å²) in [6.07, 6.45) is 9.26. The topological polar surface area (TPSA) is 122 Å². The molecule has 0 aliphatic heterocycles. The van der Waals surface area contributed by atoms with Crippen LogP contribution in [-0.2, 0) is 17.8 Å². The Morgan fingerprint density at radius 2 is 1.79 bits per heavy atom. The highest BCUT2D eigenvalue weighted by Crippen LogP contribution is 2.30. The van der Waals surface area contributed by atoms with E-state index in [-0.39, 0.29) is 5.92 Å². The number of nitrogens with zero attached hydrogens (tertiary/aromatic N) is 6. The smallest absolute Gasteiger partial charge is 0.307 e. The maximum absolute atomic E-state index is 11.9. The molecule has 0 spiro atoms. The van der Waals surface area contributed by atoms with Crippen LogP contribution in [0.2, 0.25) is 0 Å². The Morgan fingerprint density at radius 1 is 1.06 bits per heavy atom. The first-order valence-electron chi connectivity index (χ1n) is 11.6. The van der Waals surface area contributed by atoms with E-state index in [9.17, 15) is 9.90 Å². The number of tetrazole rings is 1. The van der Waals surface area contributed by atoms with Gasteiger partial charge in [0.2, 0.25) is 0 Å². The molecule has 2 atom stereocenters. The molecule has 0 saturated heterocycles. The highest BCUT2D eigenvalue weighted by Gasteiger charge is 2.31. The van der Waals surface area contributed by atoms with Crippen LogP contribution in [0.1, 0.15) is 56.5 Å². The number of carboxylic acids is 1. The second-order valence-corrected chi connectivity index (χ2v) is 7.79. The van der Waals surface area contributed by atoms with Crippen molar-refractivity contribution in [2.45, 2.75) is 52.5 Å². The van der Waals surface area contributed by atoms with Gasteiger partial charge in [-0.05, 0) is 41.7 Å². The Kier molecular flexibility index (Phi) is 9.02. The van der Waals surface area contributed by atoms with Crippen molar-refractivity contribution in [2.24, 2.45) is 5.92 Å². The first-order valence-corrected chi connectivity index (χ1v) is 11.6. The van der Waals surface area contributed by atoms with Gasteiger partial charge < -0.3 is 5.11 Å². The molecule has 0 bridgehead atoms. The number of rotatable bonds is 10. The van der Waals surface area contributed by atoms with E-state index in [0.717, 1.165) is 28.7 Å². The summed E-state index contributed by atoms with van der Waals surface area (Å²) in [4.78, 5) is 15.9. The zero-order chi connectivity index (χ0) is 24.3. The number of nitrogens with one attached hydrogen (secondary N) is 1. The summed E-state index contributed by atoms with van der Waals surface area (Å²) in [7, 11) is 0. The first kappa shape index (κ1) is 24.8. The van der Waals surface area contributed by atoms with E-state index in [1.807, 2.05) is 74.2 Å². The highest BCUT2D eigenvalue weighted by molar-refractivity contribution is 5.71. The minimum Gasteiger partial charge on any atom is -0.481 e. The number of carbonyl (C=O) groups is 1. The van der Waals surface area contributed by atoms with E-state index >= 15 is 0 Å². The van der Waals surface area contributed by atoms with Gasteiger partial charge in [0.25, 0.3) is 0 Å². The minimum atomic E-state index is -0.833. The number of benzene rings is 1. The van der Waals surface area contributed by atoms with Crippen LogP contribution < -0.4 is 0 Å². The normalized spacial score (nSPS) is 12.4. The van der Waals surface area contributed by atoms with Crippen molar-refractivity contribution in [2.75, 3.05) is 0 Å². The van der Waals surface area contributed by atoms with E-state index in [1.54, 1.807) is 12.4 Å². The molecule has 0 aliphatic carbocycles. The standard InChI is InChI=1S/C23H25N7O2.C2H6/c1-2-3-20(23(31)32)21(22-26-28-29-27-22)12-16-4-6-18(7-5-16)19-13-25-30(15-19)14-17-8-10-24-11-9-17;1-2/h4-11,13,15,20-21H,2-3,12,14H2,1H3,(H,31,32)(H,26,27,28,29);1-2H3/t20-,21-;/m0./s1. The van der Waals surface area contributed by atoms with Crippen LogP contribution in [0.5, 0.6) is 0 Å². The van der Waals surface area contributed by atoms with Gasteiger partial charge in [-0.1, -0.05) is 56.7 Å². The fraction of sp³-hybridized carbons (Fsp3) is 0.360. The zero-order valence-electron chi connectivity index (χ0n) is 19.8. The van der Waals surface area contributed by atoms with Gasteiger partial charge in [-0.15, -0.1) is 10.2 Å². The van der Waals surface area contributed by atoms with E-state index in [2.05, 4.69) is 30.7 Å². The fourth-order valence-corrected chi connectivity index (χ4v) is 3.91. The average molecular weight is 462 g/mol. The maximum Gasteiger partial charge on any atom is 0.307 e. The second-order valence-electron chi connectivity index (χ2n) is 7.79. The number of pyridine rings is 1. The third-order valence-corrected chi connectivity index (χ3v) is 5.57. The lowest BCUT2D eigenvalue weighted by molar-refractivity contribution is -0.142. The number of H-pyrrole nitrogens is 1. The van der Waals surface area contributed by atoms with Gasteiger partial charge >= 0.3 is 5.97 Å². The average Bonchev–Trinajstić information content (AvgIpc) is 3.56. The van der Waals surface area contributed by atoms with Crippen LogP contribution in [-0.4, -0.2) is 46.5 Å². The van der Waals surface area contributed by atoms with Crippen LogP contribution in [0.4, 0.5) is 0 Å². The van der Waals surface area contributed by atoms with Crippen LogP contribution in [0.15, 0.2) is 61.2 Å². The molecule has 2 N–H and O–H groups in total. The largest absolute Gasteiger partial charge is 0.481 e. The zero-order valence-corrected chi connectivity index (χ0v) is 19.8. The predicted molar refractivity (Wildman–Crippen MR) is 129 cm³/mol. The Labute approximate surface area is 199 Å². The van der Waals surface area contributed by atoms with E-state index in [4.69, 9.17) is 0 Å². The van der Waals surface area contributed by atoms with Crippen LogP contribution in [0.3, 0.4) is 0 Å². The molecular formula is C25H31N7O2. The molecule has 4 rings (SSSR count). The molecule has 9 nitrogen and oxygen atoms in total. The number of carboxylic acid groups (broad SMARTS) is 1. The van der Waals surface area contributed by atoms with Gasteiger partial charge in [-0.25, -0.2) is 0 Å². The van der Waals surface area contributed by atoms with E-state index < -0.39 is 11.9 Å². The molecule has 4 aromatic rings. The van der Waals surface area contributed by atoms with Gasteiger partial charge in [0.05, 0.1) is 18.7 Å². The fourth-order valence-electron chi connectivity index (χ4n) is 3.91. The molecule has 3 aromatic heterocycles. The monoisotopic (exact) mass is 461 g/mol. The summed E-state index contributed by atoms with van der Waals surface area (Å²) >= 11 is 0. The Balaban J connectivity index is 0.00000158. The summed E-state index contributed by atoms with van der Waals surface area (Å²) in [6.45, 7) is 6.66. The van der Waals surface area contributed by atoms with Gasteiger partial charge in [-0.3, -0.25) is 14.5 Å². The molecule has 0 aliphatic rings. The number of hydrogen-bond donors (Lipinski definition) is 2. The molecule has 3 heterocycles. The van der Waals surface area contributed by atoms with Gasteiger partial charge in [0.1, 0.15) is 0 Å². The van der Waals surface area contributed by atoms with Crippen molar-refractivity contribution in [1.29, 1.82) is 0 Å². The van der Waals surface area contributed by atoms with Crippen LogP contribution in [0.25, 0.3) is 11.1 Å². The minimum absolute atomic E-state index is 0.347. The molecule has 0 unspecified atom stereocenters. The van der Waals surface area contributed by atoms with E-state index in [0.29, 0.717) is 25.2 Å². The van der Waals surface area contributed by atoms with E-state index in [1.165, 1.54) is 0 Å². The third kappa shape index (κ3) is 6.34. The summed E-state index contributed by atoms with van der Waals surface area (Å²) in [5, 5.41) is 28.4. The number of aliphatic carboxylic acids is 1. The number of aromatic nitrogens is 7. The van der Waals surface area contributed by atoms with Crippen molar-refractivity contribution < 1.29 is 9.90 Å². The Morgan fingerprint density at radius 3 is 2.41 bits per heavy atom. The lowest BCUT2D eigenvalue weighted by atomic mass is 9.83. The lowest BCUT2D eigenvalue weighted by Gasteiger charge is -2.21. The first-order chi connectivity index (χ1) is 16.6. The third-order valence-electron chi connectivity index (χ3n) is 5.57. The molecular weight excluding hydrogens is 430 g/mol. The molecule has 9 heteroatoms. The van der Waals surface area contributed by atoms with Gasteiger partial charge in [-0.2, -0.15) is 10.3 Å². The second kappa shape index (κ2) is 12.4. The molecule has 0 saturated carbocycles. The van der Waals surface area contributed by atoms with Gasteiger partial charge in [0, 0.05) is 30.1 Å². The molecule has 1 aromatic carbocycles. The highest BCUT2D eigenvalue weighted by atomic mass is 16.4. The Bertz CT molecular complexity index is 1130. The van der Waals surface area contributed by atoms with Crippen LogP contribution >= 0.6 is 0 Å². The molecule has 178 valence electrons. The molecule has 0 fully saturated rings. The number of aromatic amines is 1. The van der Waals surface area contributed by atoms with Crippen molar-refractivity contribution in [3.8, 4) is 11.1 Å². The Hall–Kier alpha value is -3.88. The maximum atomic E-state index is 11.9. The van der Waals surface area contributed by atoms with Gasteiger partial charge in [0.15, 0.2) is 5.82 Å². The van der Waals surface area contributed by atoms with Crippen molar-refractivity contribution >= 4 is 5.97 Å². The van der Waals surface area contributed by atoms with Crippen molar-refractivity contribution in [3.63, 3.8) is 0 Å². The van der Waals surface area contributed by atoms with Crippen LogP contribution in [0, 0.1) is 5.92 Å². The molecule has 34 heavy (non-hydrogen) atoms. The molecule has 0 radical (unpaired) electrons. The predicted octanol–water partition coefficient (Wildman–Crippen LogP) is 4.36. The quantitative estimate of drug-likeness (QED) is 0.360. The van der Waals surface area contributed by atoms with Crippen molar-refractivity contribution in [3.05, 3.63) is 78.1 Å². The molecule has 0 amide bonds. The lowest BCUT2D eigenvalue weighted by Crippen LogP contribution is -2.25. The SMILES string of the molecule is CC.CCC[C@H](C(=O)O)[C@H](Cc1ccc(-c2cnn(Cc3ccncc3)c2)cc1)c1nn[nH]n1. The summed E-state index contributed by atoms with van der Waals surface area (Å²) in [5.41, 5.74) is 4.23.